The third-order valence-electron chi connectivity index (χ3n) is 3.06. The number of anilines is 2. The molecule has 0 aliphatic carbocycles. The number of nitrogens with zero attached hydrogens (tertiary/aromatic N) is 1. The van der Waals surface area contributed by atoms with Gasteiger partial charge in [-0.15, -0.1) is 0 Å². The highest BCUT2D eigenvalue weighted by molar-refractivity contribution is 9.10. The monoisotopic (exact) mass is 322 g/mol. The zero-order valence-electron chi connectivity index (χ0n) is 10.7. The zero-order chi connectivity index (χ0) is 13.8. The van der Waals surface area contributed by atoms with E-state index in [0.29, 0.717) is 6.42 Å². The number of halogens is 2. The fourth-order valence-corrected chi connectivity index (χ4v) is 2.29. The predicted octanol–water partition coefficient (Wildman–Crippen LogP) is 3.85. The van der Waals surface area contributed by atoms with E-state index in [1.54, 1.807) is 6.07 Å². The number of rotatable bonds is 4. The van der Waals surface area contributed by atoms with Crippen LogP contribution >= 0.6 is 15.9 Å². The fraction of sp³-hybridized carbons (Fsp3) is 0.200. The van der Waals surface area contributed by atoms with Gasteiger partial charge >= 0.3 is 0 Å². The van der Waals surface area contributed by atoms with E-state index >= 15 is 0 Å². The molecule has 0 fully saturated rings. The van der Waals surface area contributed by atoms with Crippen molar-refractivity contribution in [1.82, 2.24) is 0 Å². The van der Waals surface area contributed by atoms with Gasteiger partial charge in [-0.3, -0.25) is 0 Å². The Hall–Kier alpha value is -1.55. The maximum Gasteiger partial charge on any atom is 0.126 e. The van der Waals surface area contributed by atoms with Gasteiger partial charge in [0.05, 0.1) is 0 Å². The highest BCUT2D eigenvalue weighted by Crippen LogP contribution is 2.18. The minimum Gasteiger partial charge on any atom is -0.399 e. The molecule has 2 rings (SSSR count). The lowest BCUT2D eigenvalue weighted by Gasteiger charge is -2.19. The number of hydrogen-bond donors (Lipinski definition) is 1. The van der Waals surface area contributed by atoms with Crippen molar-refractivity contribution in [3.63, 3.8) is 0 Å². The topological polar surface area (TPSA) is 29.3 Å². The average molecular weight is 323 g/mol. The molecule has 2 aromatic carbocycles. The number of hydrogen-bond acceptors (Lipinski definition) is 2. The molecule has 0 spiro atoms. The fourth-order valence-electron chi connectivity index (χ4n) is 1.88. The number of nitrogens with two attached hydrogens (primary N) is 1. The smallest absolute Gasteiger partial charge is 0.126 e. The molecule has 0 radical (unpaired) electrons. The minimum atomic E-state index is -0.158. The van der Waals surface area contributed by atoms with Crippen LogP contribution in [0.15, 0.2) is 46.9 Å². The molecule has 0 aliphatic heterocycles. The van der Waals surface area contributed by atoms with Crippen molar-refractivity contribution in [2.75, 3.05) is 24.2 Å². The maximum absolute atomic E-state index is 13.6. The highest BCUT2D eigenvalue weighted by Gasteiger charge is 2.05. The molecule has 19 heavy (non-hydrogen) atoms. The van der Waals surface area contributed by atoms with Crippen LogP contribution < -0.4 is 10.6 Å². The van der Waals surface area contributed by atoms with Gasteiger partial charge in [-0.05, 0) is 54.4 Å². The molecule has 0 atom stereocenters. The summed E-state index contributed by atoms with van der Waals surface area (Å²) in [6.07, 6.45) is 0.659. The molecule has 0 saturated carbocycles. The van der Waals surface area contributed by atoms with Gasteiger partial charge in [0.2, 0.25) is 0 Å². The first-order chi connectivity index (χ1) is 9.06. The van der Waals surface area contributed by atoms with Crippen molar-refractivity contribution in [3.05, 3.63) is 58.3 Å². The number of benzene rings is 2. The lowest BCUT2D eigenvalue weighted by atomic mass is 10.1. The first kappa shape index (κ1) is 13.9. The molecule has 2 aromatic rings. The summed E-state index contributed by atoms with van der Waals surface area (Å²) in [7, 11) is 1.99. The van der Waals surface area contributed by atoms with Gasteiger partial charge in [0.25, 0.3) is 0 Å². The van der Waals surface area contributed by atoms with E-state index in [0.717, 1.165) is 28.0 Å². The van der Waals surface area contributed by atoms with Gasteiger partial charge in [-0.2, -0.15) is 0 Å². The Morgan fingerprint density at radius 1 is 1.16 bits per heavy atom. The average Bonchev–Trinajstić information content (AvgIpc) is 2.40. The van der Waals surface area contributed by atoms with Crippen molar-refractivity contribution < 1.29 is 4.39 Å². The minimum absolute atomic E-state index is 0.158. The van der Waals surface area contributed by atoms with Gasteiger partial charge in [-0.25, -0.2) is 4.39 Å². The van der Waals surface area contributed by atoms with Crippen LogP contribution in [-0.4, -0.2) is 13.6 Å². The Kier molecular flexibility index (Phi) is 4.43. The molecule has 0 heterocycles. The van der Waals surface area contributed by atoms with Crippen LogP contribution in [0.5, 0.6) is 0 Å². The summed E-state index contributed by atoms with van der Waals surface area (Å²) in [5.41, 5.74) is 8.19. The Morgan fingerprint density at radius 3 is 2.53 bits per heavy atom. The molecule has 0 bridgehead atoms. The Balaban J connectivity index is 2.02. The molecular weight excluding hydrogens is 307 g/mol. The van der Waals surface area contributed by atoms with Crippen molar-refractivity contribution in [3.8, 4) is 0 Å². The van der Waals surface area contributed by atoms with Crippen LogP contribution in [0.1, 0.15) is 5.56 Å². The van der Waals surface area contributed by atoms with Crippen molar-refractivity contribution >= 4 is 27.3 Å². The van der Waals surface area contributed by atoms with Gasteiger partial charge in [-0.1, -0.05) is 15.9 Å². The normalized spacial score (nSPS) is 10.5. The molecule has 2 nitrogen and oxygen atoms in total. The Bertz CT molecular complexity index is 555. The molecule has 0 saturated heterocycles. The van der Waals surface area contributed by atoms with Crippen molar-refractivity contribution in [2.24, 2.45) is 0 Å². The van der Waals surface area contributed by atoms with Crippen LogP contribution in [0.4, 0.5) is 15.8 Å². The van der Waals surface area contributed by atoms with E-state index in [-0.39, 0.29) is 5.82 Å². The number of likely N-dealkylation sites (N-methyl/N-ethyl adjacent to an activating group) is 1. The summed E-state index contributed by atoms with van der Waals surface area (Å²) >= 11 is 3.36. The van der Waals surface area contributed by atoms with Crippen LogP contribution in [0.3, 0.4) is 0 Å². The molecule has 100 valence electrons. The molecule has 0 aromatic heterocycles. The summed E-state index contributed by atoms with van der Waals surface area (Å²) < 4.78 is 14.5. The van der Waals surface area contributed by atoms with Crippen LogP contribution in [0.25, 0.3) is 0 Å². The third-order valence-corrected chi connectivity index (χ3v) is 3.55. The third kappa shape index (κ3) is 3.70. The summed E-state index contributed by atoms with van der Waals surface area (Å²) in [6.45, 7) is 0.747. The second kappa shape index (κ2) is 6.06. The van der Waals surface area contributed by atoms with Gasteiger partial charge in [0.15, 0.2) is 0 Å². The van der Waals surface area contributed by atoms with Gasteiger partial charge in [0.1, 0.15) is 5.82 Å². The Labute approximate surface area is 121 Å². The van der Waals surface area contributed by atoms with E-state index in [1.807, 2.05) is 37.4 Å². The zero-order valence-corrected chi connectivity index (χ0v) is 12.3. The second-order valence-electron chi connectivity index (χ2n) is 4.50. The maximum atomic E-state index is 13.6. The first-order valence-corrected chi connectivity index (χ1v) is 6.86. The summed E-state index contributed by atoms with van der Waals surface area (Å²) in [5, 5.41) is 0. The number of nitrogen functional groups attached to an aromatic ring is 1. The lowest BCUT2D eigenvalue weighted by Crippen LogP contribution is -2.20. The summed E-state index contributed by atoms with van der Waals surface area (Å²) in [4.78, 5) is 2.08. The molecule has 0 unspecified atom stereocenters. The summed E-state index contributed by atoms with van der Waals surface area (Å²) in [6, 6.07) is 12.7. The van der Waals surface area contributed by atoms with Gasteiger partial charge in [0, 0.05) is 29.4 Å². The van der Waals surface area contributed by atoms with Crippen molar-refractivity contribution in [1.29, 1.82) is 0 Å². The first-order valence-electron chi connectivity index (χ1n) is 6.07. The molecule has 0 amide bonds. The molecular formula is C15H16BrFN2. The quantitative estimate of drug-likeness (QED) is 0.866. The summed E-state index contributed by atoms with van der Waals surface area (Å²) in [5.74, 6) is -0.158. The van der Waals surface area contributed by atoms with E-state index in [4.69, 9.17) is 5.73 Å². The Morgan fingerprint density at radius 2 is 1.84 bits per heavy atom. The van der Waals surface area contributed by atoms with Crippen LogP contribution in [0, 0.1) is 5.82 Å². The van der Waals surface area contributed by atoms with Crippen LogP contribution in [0.2, 0.25) is 0 Å². The SMILES string of the molecule is CN(CCc1cc(Br)ccc1F)c1ccc(N)cc1. The van der Waals surface area contributed by atoms with Crippen LogP contribution in [-0.2, 0) is 6.42 Å². The molecule has 4 heteroatoms. The molecule has 2 N–H and O–H groups in total. The largest absolute Gasteiger partial charge is 0.399 e. The van der Waals surface area contributed by atoms with Gasteiger partial charge < -0.3 is 10.6 Å². The predicted molar refractivity (Wildman–Crippen MR) is 81.9 cm³/mol. The second-order valence-corrected chi connectivity index (χ2v) is 5.41. The lowest BCUT2D eigenvalue weighted by molar-refractivity contribution is 0.608. The standard InChI is InChI=1S/C15H16BrFN2/c1-19(14-5-3-13(18)4-6-14)9-8-11-10-12(16)2-7-15(11)17/h2-7,10H,8-9,18H2,1H3. The molecule has 0 aliphatic rings. The van der Waals surface area contributed by atoms with Crippen molar-refractivity contribution in [2.45, 2.75) is 6.42 Å². The van der Waals surface area contributed by atoms with E-state index in [9.17, 15) is 4.39 Å². The van der Waals surface area contributed by atoms with E-state index in [2.05, 4.69) is 20.8 Å². The van der Waals surface area contributed by atoms with E-state index in [1.165, 1.54) is 6.07 Å². The van der Waals surface area contributed by atoms with E-state index < -0.39 is 0 Å². The highest BCUT2D eigenvalue weighted by atomic mass is 79.9.